The van der Waals surface area contributed by atoms with Gasteiger partial charge in [-0.2, -0.15) is 0 Å². The van der Waals surface area contributed by atoms with Crippen LogP contribution in [0.15, 0.2) is 76.9 Å². The molecule has 5 rings (SSSR count). The average molecular weight is 458 g/mol. The Hall–Kier alpha value is -2.96. The number of aliphatic imine (C=N–C) groups is 1. The lowest BCUT2D eigenvalue weighted by molar-refractivity contribution is 0.0972. The highest BCUT2D eigenvalue weighted by atomic mass is 32.2. The van der Waals surface area contributed by atoms with Crippen LogP contribution in [0.4, 0.5) is 0 Å². The van der Waals surface area contributed by atoms with E-state index in [9.17, 15) is 4.79 Å². The summed E-state index contributed by atoms with van der Waals surface area (Å²) in [5.74, 6) is 1.82. The smallest absolute Gasteiger partial charge is 0.163 e. The molecule has 1 aromatic heterocycles. The zero-order valence-corrected chi connectivity index (χ0v) is 19.3. The summed E-state index contributed by atoms with van der Waals surface area (Å²) >= 11 is 1.68. The number of pyridine rings is 1. The molecule has 3 aromatic rings. The van der Waals surface area contributed by atoms with Crippen LogP contribution < -0.4 is 4.74 Å². The molecular formula is C27H27N3O2S. The largest absolute Gasteiger partial charge is 0.484 e. The van der Waals surface area contributed by atoms with Crippen LogP contribution in [-0.2, 0) is 12.2 Å². The second-order valence-corrected chi connectivity index (χ2v) is 9.36. The van der Waals surface area contributed by atoms with E-state index in [0.717, 1.165) is 64.7 Å². The van der Waals surface area contributed by atoms with Crippen LogP contribution in [0.2, 0.25) is 0 Å². The van der Waals surface area contributed by atoms with Gasteiger partial charge in [0.2, 0.25) is 0 Å². The van der Waals surface area contributed by atoms with E-state index in [1.165, 1.54) is 0 Å². The minimum absolute atomic E-state index is 0.121. The minimum atomic E-state index is -0.121. The molecule has 0 N–H and O–H groups in total. The van der Waals surface area contributed by atoms with Crippen molar-refractivity contribution in [2.75, 3.05) is 19.8 Å². The standard InChI is InChI=1S/C27H27N3O2S/c31-24-10-6-9-21-22(24)12-13-25(23(21)18-33-27-11-4-5-14-29-27)32-26(17-30-16-15-28-19-30)20-7-2-1-3-8-20/h1-5,7-8,11-15,26H,6,9-10,16-19H2. The molecular weight excluding hydrogens is 430 g/mol. The van der Waals surface area contributed by atoms with Crippen LogP contribution in [0.25, 0.3) is 0 Å². The van der Waals surface area contributed by atoms with Crippen LogP contribution >= 0.6 is 11.8 Å². The van der Waals surface area contributed by atoms with Crippen molar-refractivity contribution in [2.45, 2.75) is 36.1 Å². The van der Waals surface area contributed by atoms with Gasteiger partial charge >= 0.3 is 0 Å². The highest BCUT2D eigenvalue weighted by Crippen LogP contribution is 2.37. The number of aromatic nitrogens is 1. The number of fused-ring (bicyclic) bond motifs is 1. The van der Waals surface area contributed by atoms with Gasteiger partial charge in [-0.1, -0.05) is 36.4 Å². The van der Waals surface area contributed by atoms with Gasteiger partial charge in [-0.15, -0.1) is 11.8 Å². The number of benzene rings is 2. The monoisotopic (exact) mass is 457 g/mol. The summed E-state index contributed by atoms with van der Waals surface area (Å²) in [5, 5.41) is 0.969. The van der Waals surface area contributed by atoms with Gasteiger partial charge in [0, 0.05) is 48.8 Å². The minimum Gasteiger partial charge on any atom is -0.484 e. The van der Waals surface area contributed by atoms with Gasteiger partial charge in [-0.25, -0.2) is 4.98 Å². The van der Waals surface area contributed by atoms with Crippen molar-refractivity contribution < 1.29 is 9.53 Å². The number of ether oxygens (including phenoxy) is 1. The van der Waals surface area contributed by atoms with Crippen molar-refractivity contribution in [3.8, 4) is 5.75 Å². The Labute approximate surface area is 198 Å². The molecule has 168 valence electrons. The maximum absolute atomic E-state index is 12.6. The fourth-order valence-electron chi connectivity index (χ4n) is 4.43. The Morgan fingerprint density at radius 3 is 2.70 bits per heavy atom. The Morgan fingerprint density at radius 1 is 1.03 bits per heavy atom. The molecule has 6 heteroatoms. The third-order valence-corrected chi connectivity index (χ3v) is 7.11. The Morgan fingerprint density at radius 2 is 1.91 bits per heavy atom. The van der Waals surface area contributed by atoms with Crippen molar-refractivity contribution in [3.63, 3.8) is 0 Å². The molecule has 5 nitrogen and oxygen atoms in total. The van der Waals surface area contributed by atoms with Gasteiger partial charge in [0.15, 0.2) is 5.78 Å². The summed E-state index contributed by atoms with van der Waals surface area (Å²) in [6.07, 6.45) is 6.08. The first-order valence-corrected chi connectivity index (χ1v) is 12.4. The summed E-state index contributed by atoms with van der Waals surface area (Å²) in [5.41, 5.74) is 4.26. The summed E-state index contributed by atoms with van der Waals surface area (Å²) in [6, 6.07) is 20.3. The van der Waals surface area contributed by atoms with Crippen LogP contribution in [0.5, 0.6) is 5.75 Å². The number of Topliss-reactive ketones (excluding diaryl/α,β-unsaturated/α-hetero) is 1. The SMILES string of the molecule is O=C1CCCc2c1ccc(OC(CN1CC=NC1)c1ccccc1)c2CSc1ccccn1. The number of carbonyl (C=O) groups excluding carboxylic acids is 1. The van der Waals surface area contributed by atoms with Crippen LogP contribution in [0.3, 0.4) is 0 Å². The maximum Gasteiger partial charge on any atom is 0.163 e. The molecule has 2 aromatic carbocycles. The third kappa shape index (κ3) is 5.18. The molecule has 0 bridgehead atoms. The molecule has 0 amide bonds. The molecule has 33 heavy (non-hydrogen) atoms. The quantitative estimate of drug-likeness (QED) is 0.427. The van der Waals surface area contributed by atoms with Crippen LogP contribution in [0, 0.1) is 0 Å². The molecule has 2 heterocycles. The highest BCUT2D eigenvalue weighted by Gasteiger charge is 2.25. The highest BCUT2D eigenvalue weighted by molar-refractivity contribution is 7.98. The van der Waals surface area contributed by atoms with E-state index in [1.54, 1.807) is 11.8 Å². The van der Waals surface area contributed by atoms with Crippen LogP contribution in [0.1, 0.15) is 46.0 Å². The van der Waals surface area contributed by atoms with E-state index in [2.05, 4.69) is 39.1 Å². The Bertz CT molecular complexity index is 1130. The van der Waals surface area contributed by atoms with E-state index in [1.807, 2.05) is 48.8 Å². The topological polar surface area (TPSA) is 54.8 Å². The van der Waals surface area contributed by atoms with E-state index in [0.29, 0.717) is 13.1 Å². The Balaban J connectivity index is 1.47. The summed E-state index contributed by atoms with van der Waals surface area (Å²) in [6.45, 7) is 2.30. The molecule has 0 spiro atoms. The zero-order chi connectivity index (χ0) is 22.5. The molecule has 0 saturated carbocycles. The normalized spacial score (nSPS) is 16.5. The van der Waals surface area contributed by atoms with Crippen molar-refractivity contribution in [2.24, 2.45) is 4.99 Å². The van der Waals surface area contributed by atoms with E-state index in [-0.39, 0.29) is 11.9 Å². The lowest BCUT2D eigenvalue weighted by Gasteiger charge is -2.27. The van der Waals surface area contributed by atoms with Gasteiger partial charge < -0.3 is 4.74 Å². The molecule has 2 aliphatic rings. The Kier molecular flexibility index (Phi) is 6.84. The van der Waals surface area contributed by atoms with Crippen LogP contribution in [-0.4, -0.2) is 41.6 Å². The van der Waals surface area contributed by atoms with Crippen molar-refractivity contribution in [1.82, 2.24) is 9.88 Å². The maximum atomic E-state index is 12.6. The number of thioether (sulfide) groups is 1. The predicted octanol–water partition coefficient (Wildman–Crippen LogP) is 5.36. The second kappa shape index (κ2) is 10.3. The molecule has 1 aliphatic carbocycles. The number of nitrogens with zero attached hydrogens (tertiary/aromatic N) is 3. The number of hydrogen-bond donors (Lipinski definition) is 0. The number of ketones is 1. The lowest BCUT2D eigenvalue weighted by atomic mass is 9.87. The zero-order valence-electron chi connectivity index (χ0n) is 18.5. The van der Waals surface area contributed by atoms with E-state index < -0.39 is 0 Å². The summed E-state index contributed by atoms with van der Waals surface area (Å²) in [4.78, 5) is 23.7. The van der Waals surface area contributed by atoms with Crippen molar-refractivity contribution in [3.05, 3.63) is 89.1 Å². The van der Waals surface area contributed by atoms with E-state index in [4.69, 9.17) is 4.74 Å². The molecule has 1 aliphatic heterocycles. The second-order valence-electron chi connectivity index (χ2n) is 8.36. The van der Waals surface area contributed by atoms with Gasteiger partial charge in [-0.05, 0) is 48.2 Å². The summed E-state index contributed by atoms with van der Waals surface area (Å²) in [7, 11) is 0. The molecule has 1 atom stereocenters. The molecule has 1 unspecified atom stereocenters. The average Bonchev–Trinajstić information content (AvgIpc) is 3.37. The van der Waals surface area contributed by atoms with Gasteiger partial charge in [0.1, 0.15) is 11.9 Å². The summed E-state index contributed by atoms with van der Waals surface area (Å²) < 4.78 is 6.74. The van der Waals surface area contributed by atoms with Gasteiger partial charge in [0.05, 0.1) is 11.7 Å². The molecule has 0 radical (unpaired) electrons. The first-order chi connectivity index (χ1) is 16.3. The van der Waals surface area contributed by atoms with E-state index >= 15 is 0 Å². The fourth-order valence-corrected chi connectivity index (χ4v) is 5.35. The molecule has 0 fully saturated rings. The van der Waals surface area contributed by atoms with Crippen molar-refractivity contribution >= 4 is 23.8 Å². The lowest BCUT2D eigenvalue weighted by Crippen LogP contribution is -2.29. The number of carbonyl (C=O) groups is 1. The first kappa shape index (κ1) is 21.9. The fraction of sp³-hybridized carbons (Fsp3) is 0.296. The van der Waals surface area contributed by atoms with Gasteiger partial charge in [0.25, 0.3) is 0 Å². The predicted molar refractivity (Wildman–Crippen MR) is 132 cm³/mol. The van der Waals surface area contributed by atoms with Crippen molar-refractivity contribution in [1.29, 1.82) is 0 Å². The third-order valence-electron chi connectivity index (χ3n) is 6.14. The van der Waals surface area contributed by atoms with Gasteiger partial charge in [-0.3, -0.25) is 14.7 Å². The first-order valence-electron chi connectivity index (χ1n) is 11.4. The molecule has 0 saturated heterocycles. The number of rotatable bonds is 8. The number of hydrogen-bond acceptors (Lipinski definition) is 6.